The van der Waals surface area contributed by atoms with Gasteiger partial charge in [0.2, 0.25) is 0 Å². The monoisotopic (exact) mass is 334 g/mol. The molecule has 0 spiro atoms. The van der Waals surface area contributed by atoms with Crippen molar-refractivity contribution in [3.63, 3.8) is 0 Å². The molecule has 4 nitrogen and oxygen atoms in total. The number of carboxylic acids is 1. The maximum absolute atomic E-state index is 13.2. The standard InChI is InChI=1S/C15H20F2N2O2.ClH/c1-18(10-15(20)21)12-4-6-19(7-5-12)9-11-2-3-13(16)14(17)8-11;/h2-3,8,12H,4-7,9-10H2,1H3,(H,20,21);1H. The molecule has 2 rings (SSSR count). The SMILES string of the molecule is CN(CC(=O)O)C1CCN(Cc2ccc(F)c(F)c2)CC1.Cl. The van der Waals surface area contributed by atoms with Gasteiger partial charge in [-0.05, 0) is 50.7 Å². The van der Waals surface area contributed by atoms with Crippen LogP contribution >= 0.6 is 12.4 Å². The van der Waals surface area contributed by atoms with E-state index < -0.39 is 17.6 Å². The quantitative estimate of drug-likeness (QED) is 0.898. The van der Waals surface area contributed by atoms with Crippen LogP contribution in [0.4, 0.5) is 8.78 Å². The van der Waals surface area contributed by atoms with Gasteiger partial charge in [-0.25, -0.2) is 8.78 Å². The lowest BCUT2D eigenvalue weighted by Crippen LogP contribution is -2.44. The van der Waals surface area contributed by atoms with Crippen LogP contribution in [0.2, 0.25) is 0 Å². The number of hydrogen-bond donors (Lipinski definition) is 1. The Morgan fingerprint density at radius 2 is 1.95 bits per heavy atom. The first-order chi connectivity index (χ1) is 9.95. The lowest BCUT2D eigenvalue weighted by Gasteiger charge is -2.36. The number of carboxylic acid groups (broad SMARTS) is 1. The Hall–Kier alpha value is -1.24. The summed E-state index contributed by atoms with van der Waals surface area (Å²) in [7, 11) is 1.82. The number of likely N-dealkylation sites (N-methyl/N-ethyl adjacent to an activating group) is 1. The summed E-state index contributed by atoms with van der Waals surface area (Å²) < 4.78 is 26.0. The third-order valence-corrected chi connectivity index (χ3v) is 3.96. The van der Waals surface area contributed by atoms with Gasteiger partial charge in [0.15, 0.2) is 11.6 Å². The van der Waals surface area contributed by atoms with E-state index in [9.17, 15) is 13.6 Å². The fourth-order valence-corrected chi connectivity index (χ4v) is 2.76. The number of likely N-dealkylation sites (tertiary alicyclic amines) is 1. The van der Waals surface area contributed by atoms with Crippen molar-refractivity contribution in [1.29, 1.82) is 0 Å². The van der Waals surface area contributed by atoms with Crippen LogP contribution in [0.3, 0.4) is 0 Å². The molecule has 1 heterocycles. The first-order valence-corrected chi connectivity index (χ1v) is 7.04. The lowest BCUT2D eigenvalue weighted by atomic mass is 10.0. The highest BCUT2D eigenvalue weighted by atomic mass is 35.5. The number of nitrogens with zero attached hydrogens (tertiary/aromatic N) is 2. The van der Waals surface area contributed by atoms with Crippen LogP contribution in [-0.2, 0) is 11.3 Å². The van der Waals surface area contributed by atoms with E-state index in [4.69, 9.17) is 5.11 Å². The Bertz CT molecular complexity index is 508. The normalized spacial score (nSPS) is 16.5. The Balaban J connectivity index is 0.00000242. The van der Waals surface area contributed by atoms with Crippen molar-refractivity contribution in [2.45, 2.75) is 25.4 Å². The number of aliphatic carboxylic acids is 1. The number of hydrogen-bond acceptors (Lipinski definition) is 3. The van der Waals surface area contributed by atoms with Crippen LogP contribution in [0.1, 0.15) is 18.4 Å². The summed E-state index contributed by atoms with van der Waals surface area (Å²) in [5.74, 6) is -2.46. The molecule has 1 N–H and O–H groups in total. The van der Waals surface area contributed by atoms with Gasteiger partial charge in [-0.2, -0.15) is 0 Å². The molecule has 0 aromatic heterocycles. The molecule has 0 radical (unpaired) electrons. The van der Waals surface area contributed by atoms with Gasteiger partial charge in [0.25, 0.3) is 0 Å². The van der Waals surface area contributed by atoms with Gasteiger partial charge in [0.1, 0.15) is 0 Å². The summed E-state index contributed by atoms with van der Waals surface area (Å²) in [6.45, 7) is 2.29. The van der Waals surface area contributed by atoms with E-state index in [2.05, 4.69) is 4.90 Å². The molecule has 1 aromatic rings. The second-order valence-corrected chi connectivity index (χ2v) is 5.56. The average molecular weight is 335 g/mol. The van der Waals surface area contributed by atoms with Crippen molar-refractivity contribution in [2.75, 3.05) is 26.7 Å². The van der Waals surface area contributed by atoms with Crippen molar-refractivity contribution in [2.24, 2.45) is 0 Å². The number of halogens is 3. The fourth-order valence-electron chi connectivity index (χ4n) is 2.76. The van der Waals surface area contributed by atoms with E-state index >= 15 is 0 Å². The molecular formula is C15H21ClF2N2O2. The minimum Gasteiger partial charge on any atom is -0.480 e. The Morgan fingerprint density at radius 1 is 1.32 bits per heavy atom. The highest BCUT2D eigenvalue weighted by Crippen LogP contribution is 2.18. The average Bonchev–Trinajstić information content (AvgIpc) is 2.43. The molecule has 7 heteroatoms. The summed E-state index contributed by atoms with van der Waals surface area (Å²) >= 11 is 0. The molecule has 1 fully saturated rings. The smallest absolute Gasteiger partial charge is 0.317 e. The van der Waals surface area contributed by atoms with Crippen molar-refractivity contribution in [3.05, 3.63) is 35.4 Å². The highest BCUT2D eigenvalue weighted by Gasteiger charge is 2.23. The summed E-state index contributed by atoms with van der Waals surface area (Å²) in [5, 5.41) is 8.79. The van der Waals surface area contributed by atoms with Crippen LogP contribution in [0, 0.1) is 11.6 Å². The van der Waals surface area contributed by atoms with E-state index in [1.165, 1.54) is 6.07 Å². The molecule has 0 amide bonds. The van der Waals surface area contributed by atoms with Crippen molar-refractivity contribution in [3.8, 4) is 0 Å². The molecular weight excluding hydrogens is 314 g/mol. The Kier molecular flexibility index (Phi) is 7.19. The third kappa shape index (κ3) is 5.19. The minimum atomic E-state index is -0.826. The fraction of sp³-hybridized carbons (Fsp3) is 0.533. The Morgan fingerprint density at radius 3 is 2.50 bits per heavy atom. The topological polar surface area (TPSA) is 43.8 Å². The number of rotatable bonds is 5. The molecule has 0 unspecified atom stereocenters. The maximum atomic E-state index is 13.2. The largest absolute Gasteiger partial charge is 0.480 e. The van der Waals surface area contributed by atoms with Crippen LogP contribution < -0.4 is 0 Å². The number of carbonyl (C=O) groups is 1. The molecule has 0 atom stereocenters. The summed E-state index contributed by atoms with van der Waals surface area (Å²) in [4.78, 5) is 14.7. The minimum absolute atomic E-state index is 0. The summed E-state index contributed by atoms with van der Waals surface area (Å²) in [5.41, 5.74) is 0.756. The maximum Gasteiger partial charge on any atom is 0.317 e. The second kappa shape index (κ2) is 8.41. The third-order valence-electron chi connectivity index (χ3n) is 3.96. The zero-order valence-corrected chi connectivity index (χ0v) is 13.3. The van der Waals surface area contributed by atoms with Crippen molar-refractivity contribution in [1.82, 2.24) is 9.80 Å². The van der Waals surface area contributed by atoms with Gasteiger partial charge in [-0.1, -0.05) is 6.07 Å². The number of benzene rings is 1. The molecule has 0 saturated carbocycles. The Labute approximate surface area is 135 Å². The van der Waals surface area contributed by atoms with Gasteiger partial charge < -0.3 is 5.11 Å². The first kappa shape index (κ1) is 18.8. The number of piperidine rings is 1. The van der Waals surface area contributed by atoms with E-state index in [1.54, 1.807) is 6.07 Å². The predicted octanol–water partition coefficient (Wildman–Crippen LogP) is 2.37. The van der Waals surface area contributed by atoms with Gasteiger partial charge >= 0.3 is 5.97 Å². The molecule has 1 aromatic carbocycles. The van der Waals surface area contributed by atoms with E-state index in [1.807, 2.05) is 11.9 Å². The van der Waals surface area contributed by atoms with Gasteiger partial charge in [-0.3, -0.25) is 14.6 Å². The van der Waals surface area contributed by atoms with E-state index in [-0.39, 0.29) is 25.0 Å². The predicted molar refractivity (Wildman–Crippen MR) is 82.2 cm³/mol. The summed E-state index contributed by atoms with van der Waals surface area (Å²) in [6, 6.07) is 4.25. The molecule has 1 aliphatic rings. The zero-order valence-electron chi connectivity index (χ0n) is 12.5. The van der Waals surface area contributed by atoms with Crippen LogP contribution in [0.5, 0.6) is 0 Å². The first-order valence-electron chi connectivity index (χ1n) is 7.04. The molecule has 22 heavy (non-hydrogen) atoms. The molecule has 1 aliphatic heterocycles. The van der Waals surface area contributed by atoms with Crippen LogP contribution in [0.15, 0.2) is 18.2 Å². The lowest BCUT2D eigenvalue weighted by molar-refractivity contribution is -0.138. The van der Waals surface area contributed by atoms with Crippen LogP contribution in [-0.4, -0.2) is 53.6 Å². The molecule has 124 valence electrons. The van der Waals surface area contributed by atoms with Crippen molar-refractivity contribution < 1.29 is 18.7 Å². The zero-order chi connectivity index (χ0) is 15.4. The van der Waals surface area contributed by atoms with Crippen LogP contribution in [0.25, 0.3) is 0 Å². The van der Waals surface area contributed by atoms with E-state index in [0.29, 0.717) is 6.54 Å². The summed E-state index contributed by atoms with van der Waals surface area (Å²) in [6.07, 6.45) is 1.76. The van der Waals surface area contributed by atoms with Gasteiger partial charge in [-0.15, -0.1) is 12.4 Å². The second-order valence-electron chi connectivity index (χ2n) is 5.56. The van der Waals surface area contributed by atoms with Gasteiger partial charge in [0.05, 0.1) is 6.54 Å². The molecule has 0 bridgehead atoms. The molecule has 0 aliphatic carbocycles. The van der Waals surface area contributed by atoms with Crippen molar-refractivity contribution >= 4 is 18.4 Å². The molecule has 1 saturated heterocycles. The highest BCUT2D eigenvalue weighted by molar-refractivity contribution is 5.85. The van der Waals surface area contributed by atoms with E-state index in [0.717, 1.165) is 37.6 Å². The van der Waals surface area contributed by atoms with Gasteiger partial charge in [0, 0.05) is 12.6 Å².